The summed E-state index contributed by atoms with van der Waals surface area (Å²) in [7, 11) is 0. The Balaban J connectivity index is 1.63. The molecule has 0 aromatic carbocycles. The Kier molecular flexibility index (Phi) is 4.23. The average molecular weight is 284 g/mol. The van der Waals surface area contributed by atoms with Crippen LogP contribution in [0, 0.1) is 5.92 Å². The first-order chi connectivity index (χ1) is 10.3. The highest BCUT2D eigenvalue weighted by Gasteiger charge is 2.17. The van der Waals surface area contributed by atoms with Crippen molar-refractivity contribution in [1.29, 1.82) is 0 Å². The largest absolute Gasteiger partial charge is 0.355 e. The van der Waals surface area contributed by atoms with E-state index in [1.165, 1.54) is 12.8 Å². The summed E-state index contributed by atoms with van der Waals surface area (Å²) in [4.78, 5) is 10.9. The molecule has 0 radical (unpaired) electrons. The van der Waals surface area contributed by atoms with Crippen LogP contribution in [-0.2, 0) is 6.54 Å². The van der Waals surface area contributed by atoms with Crippen molar-refractivity contribution in [3.8, 4) is 0 Å². The van der Waals surface area contributed by atoms with Gasteiger partial charge in [0.25, 0.3) is 0 Å². The van der Waals surface area contributed by atoms with Crippen LogP contribution < -0.4 is 10.2 Å². The highest BCUT2D eigenvalue weighted by atomic mass is 15.3. The summed E-state index contributed by atoms with van der Waals surface area (Å²) in [5.41, 5.74) is 1.10. The minimum absolute atomic E-state index is 0.565. The number of pyridine rings is 1. The number of nitrogens with zero attached hydrogens (tertiary/aromatic N) is 5. The third-order valence-electron chi connectivity index (χ3n) is 3.83. The lowest BCUT2D eigenvalue weighted by Crippen LogP contribution is -2.33. The molecule has 2 aromatic rings. The molecule has 6 heteroatoms. The summed E-state index contributed by atoms with van der Waals surface area (Å²) < 4.78 is 0. The number of nitrogens with one attached hydrogen (secondary N) is 1. The number of hydrogen-bond donors (Lipinski definition) is 1. The molecule has 110 valence electrons. The standard InChI is InChI=1S/C15H20N6/c1-12-4-7-21(8-5-12)14-11-18-20-15(19-14)17-10-13-3-2-6-16-9-13/h2-3,6,9,11-12H,4-5,7-8,10H2,1H3,(H,17,19,20). The molecule has 0 bridgehead atoms. The van der Waals surface area contributed by atoms with Crippen molar-refractivity contribution < 1.29 is 0 Å². The fraction of sp³-hybridized carbons (Fsp3) is 0.467. The molecule has 2 aromatic heterocycles. The van der Waals surface area contributed by atoms with Gasteiger partial charge in [-0.15, -0.1) is 5.10 Å². The molecule has 0 unspecified atom stereocenters. The highest BCUT2D eigenvalue weighted by Crippen LogP contribution is 2.21. The lowest BCUT2D eigenvalue weighted by molar-refractivity contribution is 0.436. The smallest absolute Gasteiger partial charge is 0.244 e. The summed E-state index contributed by atoms with van der Waals surface area (Å²) >= 11 is 0. The van der Waals surface area contributed by atoms with Gasteiger partial charge in [0.1, 0.15) is 0 Å². The molecule has 3 heterocycles. The van der Waals surface area contributed by atoms with Gasteiger partial charge in [-0.2, -0.15) is 10.1 Å². The van der Waals surface area contributed by atoms with Gasteiger partial charge >= 0.3 is 0 Å². The first-order valence-electron chi connectivity index (χ1n) is 7.39. The van der Waals surface area contributed by atoms with Crippen LogP contribution in [0.25, 0.3) is 0 Å². The summed E-state index contributed by atoms with van der Waals surface area (Å²) in [5.74, 6) is 2.28. The monoisotopic (exact) mass is 284 g/mol. The fourth-order valence-corrected chi connectivity index (χ4v) is 2.44. The van der Waals surface area contributed by atoms with Crippen molar-refractivity contribution in [2.24, 2.45) is 5.92 Å². The van der Waals surface area contributed by atoms with E-state index < -0.39 is 0 Å². The Bertz CT molecular complexity index is 565. The molecule has 1 aliphatic rings. The van der Waals surface area contributed by atoms with E-state index in [9.17, 15) is 0 Å². The quantitative estimate of drug-likeness (QED) is 0.927. The lowest BCUT2D eigenvalue weighted by Gasteiger charge is -2.30. The predicted octanol–water partition coefficient (Wildman–Crippen LogP) is 2.11. The van der Waals surface area contributed by atoms with Crippen molar-refractivity contribution >= 4 is 11.8 Å². The number of piperidine rings is 1. The van der Waals surface area contributed by atoms with Crippen molar-refractivity contribution in [1.82, 2.24) is 20.2 Å². The predicted molar refractivity (Wildman–Crippen MR) is 82.0 cm³/mol. The summed E-state index contributed by atoms with van der Waals surface area (Å²) in [6.45, 7) is 5.04. The molecular formula is C15H20N6. The zero-order valence-electron chi connectivity index (χ0n) is 12.2. The van der Waals surface area contributed by atoms with E-state index in [2.05, 4.69) is 37.3 Å². The van der Waals surface area contributed by atoms with Gasteiger partial charge in [0.05, 0.1) is 6.20 Å². The van der Waals surface area contributed by atoms with E-state index >= 15 is 0 Å². The first-order valence-corrected chi connectivity index (χ1v) is 7.39. The Hall–Kier alpha value is -2.24. The Labute approximate surface area is 124 Å². The van der Waals surface area contributed by atoms with Gasteiger partial charge in [0, 0.05) is 32.0 Å². The molecule has 1 aliphatic heterocycles. The van der Waals surface area contributed by atoms with Crippen LogP contribution in [0.4, 0.5) is 11.8 Å². The molecule has 3 rings (SSSR count). The molecule has 0 atom stereocenters. The van der Waals surface area contributed by atoms with Crippen LogP contribution >= 0.6 is 0 Å². The van der Waals surface area contributed by atoms with Crippen LogP contribution in [0.1, 0.15) is 25.3 Å². The molecule has 6 nitrogen and oxygen atoms in total. The van der Waals surface area contributed by atoms with Crippen LogP contribution in [0.15, 0.2) is 30.7 Å². The summed E-state index contributed by atoms with van der Waals surface area (Å²) in [6, 6.07) is 3.94. The van der Waals surface area contributed by atoms with Crippen LogP contribution in [0.2, 0.25) is 0 Å². The molecule has 0 amide bonds. The summed E-state index contributed by atoms with van der Waals surface area (Å²) in [5, 5.41) is 11.3. The van der Waals surface area contributed by atoms with Crippen molar-refractivity contribution in [3.63, 3.8) is 0 Å². The first kappa shape index (κ1) is 13.7. The number of rotatable bonds is 4. The van der Waals surface area contributed by atoms with E-state index in [1.807, 2.05) is 18.3 Å². The zero-order chi connectivity index (χ0) is 14.5. The second-order valence-electron chi connectivity index (χ2n) is 5.52. The van der Waals surface area contributed by atoms with E-state index in [1.54, 1.807) is 12.4 Å². The minimum atomic E-state index is 0.565. The molecule has 0 aliphatic carbocycles. The van der Waals surface area contributed by atoms with E-state index in [0.717, 1.165) is 30.4 Å². The Morgan fingerprint density at radius 3 is 2.90 bits per heavy atom. The zero-order valence-corrected chi connectivity index (χ0v) is 12.2. The maximum atomic E-state index is 4.56. The maximum Gasteiger partial charge on any atom is 0.244 e. The number of aromatic nitrogens is 4. The molecular weight excluding hydrogens is 264 g/mol. The summed E-state index contributed by atoms with van der Waals surface area (Å²) in [6.07, 6.45) is 7.76. The minimum Gasteiger partial charge on any atom is -0.355 e. The topological polar surface area (TPSA) is 66.8 Å². The van der Waals surface area contributed by atoms with Gasteiger partial charge in [0.15, 0.2) is 5.82 Å². The van der Waals surface area contributed by atoms with Crippen LogP contribution in [0.3, 0.4) is 0 Å². The third-order valence-corrected chi connectivity index (χ3v) is 3.83. The van der Waals surface area contributed by atoms with Gasteiger partial charge in [0.2, 0.25) is 5.95 Å². The van der Waals surface area contributed by atoms with Crippen LogP contribution in [0.5, 0.6) is 0 Å². The van der Waals surface area contributed by atoms with Gasteiger partial charge in [-0.3, -0.25) is 4.98 Å². The van der Waals surface area contributed by atoms with Crippen molar-refractivity contribution in [3.05, 3.63) is 36.3 Å². The van der Waals surface area contributed by atoms with Gasteiger partial charge < -0.3 is 10.2 Å². The molecule has 0 spiro atoms. The molecule has 21 heavy (non-hydrogen) atoms. The van der Waals surface area contributed by atoms with Crippen LogP contribution in [-0.4, -0.2) is 33.3 Å². The normalized spacial score (nSPS) is 16.0. The fourth-order valence-electron chi connectivity index (χ4n) is 2.44. The second-order valence-corrected chi connectivity index (χ2v) is 5.52. The van der Waals surface area contributed by atoms with E-state index in [4.69, 9.17) is 0 Å². The Morgan fingerprint density at radius 2 is 2.14 bits per heavy atom. The maximum absolute atomic E-state index is 4.56. The number of hydrogen-bond acceptors (Lipinski definition) is 6. The van der Waals surface area contributed by atoms with Crippen molar-refractivity contribution in [2.75, 3.05) is 23.3 Å². The van der Waals surface area contributed by atoms with Crippen molar-refractivity contribution in [2.45, 2.75) is 26.3 Å². The SMILES string of the molecule is CC1CCN(c2cnnc(NCc3cccnc3)n2)CC1. The molecule has 0 saturated carbocycles. The lowest BCUT2D eigenvalue weighted by atomic mass is 9.99. The van der Waals surface area contributed by atoms with E-state index in [0.29, 0.717) is 12.5 Å². The Morgan fingerprint density at radius 1 is 1.29 bits per heavy atom. The van der Waals surface area contributed by atoms with Gasteiger partial charge in [-0.05, 0) is 30.4 Å². The number of anilines is 2. The van der Waals surface area contributed by atoms with Gasteiger partial charge in [-0.1, -0.05) is 13.0 Å². The highest BCUT2D eigenvalue weighted by molar-refractivity contribution is 5.40. The average Bonchev–Trinajstić information content (AvgIpc) is 2.55. The van der Waals surface area contributed by atoms with E-state index in [-0.39, 0.29) is 0 Å². The molecule has 1 fully saturated rings. The molecule has 1 N–H and O–H groups in total. The molecule has 1 saturated heterocycles. The third kappa shape index (κ3) is 3.65. The van der Waals surface area contributed by atoms with Gasteiger partial charge in [-0.25, -0.2) is 0 Å². The second kappa shape index (κ2) is 6.47.